The average molecular weight is 169 g/mol. The van der Waals surface area contributed by atoms with E-state index in [0.717, 1.165) is 19.3 Å². The van der Waals surface area contributed by atoms with Crippen LogP contribution in [0.3, 0.4) is 0 Å². The standard InChI is InChI=1S/C9H15NO2/c11-8-4-2-1-3-7(8)9(12)5-10-6-9/h7,10,12H,1-6H2. The zero-order valence-corrected chi connectivity index (χ0v) is 7.18. The molecule has 2 rings (SSSR count). The van der Waals surface area contributed by atoms with Gasteiger partial charge in [0.15, 0.2) is 0 Å². The third-order valence-corrected chi connectivity index (χ3v) is 3.07. The molecule has 3 heteroatoms. The molecule has 0 aromatic carbocycles. The lowest BCUT2D eigenvalue weighted by Gasteiger charge is -2.44. The number of hydrogen-bond donors (Lipinski definition) is 2. The van der Waals surface area contributed by atoms with Crippen LogP contribution in [0, 0.1) is 5.92 Å². The molecule has 2 fully saturated rings. The largest absolute Gasteiger partial charge is 0.386 e. The Morgan fingerprint density at radius 2 is 2.17 bits per heavy atom. The van der Waals surface area contributed by atoms with Crippen molar-refractivity contribution in [3.05, 3.63) is 0 Å². The Kier molecular flexibility index (Phi) is 1.93. The van der Waals surface area contributed by atoms with Crippen molar-refractivity contribution in [1.29, 1.82) is 0 Å². The van der Waals surface area contributed by atoms with Crippen molar-refractivity contribution in [3.63, 3.8) is 0 Å². The van der Waals surface area contributed by atoms with E-state index in [1.807, 2.05) is 0 Å². The number of aliphatic hydroxyl groups is 1. The molecule has 12 heavy (non-hydrogen) atoms. The van der Waals surface area contributed by atoms with Gasteiger partial charge in [0.25, 0.3) is 0 Å². The molecular weight excluding hydrogens is 154 g/mol. The number of ketones is 1. The summed E-state index contributed by atoms with van der Waals surface area (Å²) in [5.41, 5.74) is -0.697. The van der Waals surface area contributed by atoms with Crippen molar-refractivity contribution in [2.24, 2.45) is 5.92 Å². The van der Waals surface area contributed by atoms with Gasteiger partial charge in [-0.15, -0.1) is 0 Å². The third kappa shape index (κ3) is 1.17. The second-order valence-electron chi connectivity index (χ2n) is 3.97. The lowest BCUT2D eigenvalue weighted by Crippen LogP contribution is -2.65. The second kappa shape index (κ2) is 2.82. The van der Waals surface area contributed by atoms with E-state index >= 15 is 0 Å². The molecule has 1 unspecified atom stereocenters. The molecule has 1 atom stereocenters. The minimum absolute atomic E-state index is 0.0764. The first-order valence-electron chi connectivity index (χ1n) is 4.68. The van der Waals surface area contributed by atoms with Crippen molar-refractivity contribution in [3.8, 4) is 0 Å². The summed E-state index contributed by atoms with van der Waals surface area (Å²) in [6.45, 7) is 1.20. The Hall–Kier alpha value is -0.410. The lowest BCUT2D eigenvalue weighted by molar-refractivity contribution is -0.140. The van der Waals surface area contributed by atoms with Gasteiger partial charge >= 0.3 is 0 Å². The molecule has 2 aliphatic rings. The third-order valence-electron chi connectivity index (χ3n) is 3.07. The smallest absolute Gasteiger partial charge is 0.138 e. The number of carbonyl (C=O) groups excluding carboxylic acids is 1. The molecule has 3 nitrogen and oxygen atoms in total. The number of β-amino-alcohol motifs (C(OH)–C–C–N with tert-alkyl or cyclic N) is 1. The molecule has 0 aromatic rings. The first-order valence-corrected chi connectivity index (χ1v) is 4.68. The zero-order chi connectivity index (χ0) is 8.60. The van der Waals surface area contributed by atoms with E-state index in [4.69, 9.17) is 0 Å². The molecule has 0 radical (unpaired) electrons. The van der Waals surface area contributed by atoms with Gasteiger partial charge in [0.2, 0.25) is 0 Å². The van der Waals surface area contributed by atoms with Gasteiger partial charge in [0, 0.05) is 25.4 Å². The monoisotopic (exact) mass is 169 g/mol. The van der Waals surface area contributed by atoms with Crippen molar-refractivity contribution < 1.29 is 9.90 Å². The van der Waals surface area contributed by atoms with Gasteiger partial charge in [-0.3, -0.25) is 4.79 Å². The van der Waals surface area contributed by atoms with Gasteiger partial charge in [-0.2, -0.15) is 0 Å². The highest BCUT2D eigenvalue weighted by Crippen LogP contribution is 2.32. The first kappa shape index (κ1) is 8.20. The maximum absolute atomic E-state index is 11.4. The maximum atomic E-state index is 11.4. The molecule has 2 N–H and O–H groups in total. The number of carbonyl (C=O) groups is 1. The Balaban J connectivity index is 2.05. The van der Waals surface area contributed by atoms with E-state index in [-0.39, 0.29) is 11.7 Å². The fourth-order valence-corrected chi connectivity index (χ4v) is 2.18. The van der Waals surface area contributed by atoms with Crippen LogP contribution in [0.25, 0.3) is 0 Å². The molecule has 0 bridgehead atoms. The predicted octanol–water partition coefficient (Wildman–Crippen LogP) is 0.0800. The molecular formula is C9H15NO2. The van der Waals surface area contributed by atoms with Gasteiger partial charge in [-0.25, -0.2) is 0 Å². The molecule has 1 saturated carbocycles. The topological polar surface area (TPSA) is 49.3 Å². The number of Topliss-reactive ketones (excluding diaryl/α,β-unsaturated/α-hetero) is 1. The van der Waals surface area contributed by atoms with E-state index in [0.29, 0.717) is 19.5 Å². The van der Waals surface area contributed by atoms with E-state index in [1.165, 1.54) is 0 Å². The average Bonchev–Trinajstić information content (AvgIpc) is 2.01. The fourth-order valence-electron chi connectivity index (χ4n) is 2.18. The maximum Gasteiger partial charge on any atom is 0.138 e. The van der Waals surface area contributed by atoms with Crippen LogP contribution in [-0.4, -0.2) is 29.6 Å². The van der Waals surface area contributed by atoms with Crippen molar-refractivity contribution >= 4 is 5.78 Å². The number of rotatable bonds is 1. The summed E-state index contributed by atoms with van der Waals surface area (Å²) in [7, 11) is 0. The van der Waals surface area contributed by atoms with Crippen LogP contribution in [0.2, 0.25) is 0 Å². The Bertz CT molecular complexity index is 199. The molecule has 68 valence electrons. The van der Waals surface area contributed by atoms with Crippen molar-refractivity contribution in [2.75, 3.05) is 13.1 Å². The quantitative estimate of drug-likeness (QED) is 0.584. The van der Waals surface area contributed by atoms with Crippen LogP contribution >= 0.6 is 0 Å². The molecule has 0 aromatic heterocycles. The van der Waals surface area contributed by atoms with Gasteiger partial charge in [-0.1, -0.05) is 6.42 Å². The predicted molar refractivity (Wildman–Crippen MR) is 44.8 cm³/mol. The van der Waals surface area contributed by atoms with Gasteiger partial charge in [0.1, 0.15) is 5.78 Å². The fraction of sp³-hybridized carbons (Fsp3) is 0.889. The number of nitrogens with one attached hydrogen (secondary N) is 1. The minimum atomic E-state index is -0.697. The molecule has 1 aliphatic carbocycles. The Morgan fingerprint density at radius 3 is 2.67 bits per heavy atom. The van der Waals surface area contributed by atoms with E-state index in [1.54, 1.807) is 0 Å². The minimum Gasteiger partial charge on any atom is -0.386 e. The van der Waals surface area contributed by atoms with Crippen LogP contribution in [0.5, 0.6) is 0 Å². The zero-order valence-electron chi connectivity index (χ0n) is 7.18. The summed E-state index contributed by atoms with van der Waals surface area (Å²) < 4.78 is 0. The lowest BCUT2D eigenvalue weighted by atomic mass is 9.73. The summed E-state index contributed by atoms with van der Waals surface area (Å²) in [5.74, 6) is 0.192. The second-order valence-corrected chi connectivity index (χ2v) is 3.97. The van der Waals surface area contributed by atoms with Crippen LogP contribution in [0.15, 0.2) is 0 Å². The highest BCUT2D eigenvalue weighted by Gasteiger charge is 2.46. The SMILES string of the molecule is O=C1CCCCC1C1(O)CNC1. The summed E-state index contributed by atoms with van der Waals surface area (Å²) in [4.78, 5) is 11.4. The summed E-state index contributed by atoms with van der Waals surface area (Å²) in [6, 6.07) is 0. The Labute approximate surface area is 72.2 Å². The highest BCUT2D eigenvalue weighted by atomic mass is 16.3. The van der Waals surface area contributed by atoms with Gasteiger partial charge in [0.05, 0.1) is 5.60 Å². The normalized spacial score (nSPS) is 34.4. The van der Waals surface area contributed by atoms with E-state index in [2.05, 4.69) is 5.32 Å². The van der Waals surface area contributed by atoms with E-state index < -0.39 is 5.60 Å². The van der Waals surface area contributed by atoms with Gasteiger partial charge in [-0.05, 0) is 12.8 Å². The van der Waals surface area contributed by atoms with Crippen LogP contribution in [-0.2, 0) is 4.79 Å². The summed E-state index contributed by atoms with van der Waals surface area (Å²) in [6.07, 6.45) is 3.67. The van der Waals surface area contributed by atoms with Crippen LogP contribution in [0.1, 0.15) is 25.7 Å². The summed E-state index contributed by atoms with van der Waals surface area (Å²) >= 11 is 0. The summed E-state index contributed by atoms with van der Waals surface area (Å²) in [5, 5.41) is 12.9. The van der Waals surface area contributed by atoms with Crippen molar-refractivity contribution in [1.82, 2.24) is 5.32 Å². The van der Waals surface area contributed by atoms with Gasteiger partial charge < -0.3 is 10.4 Å². The van der Waals surface area contributed by atoms with Crippen molar-refractivity contribution in [2.45, 2.75) is 31.3 Å². The molecule has 0 spiro atoms. The highest BCUT2D eigenvalue weighted by molar-refractivity contribution is 5.83. The Morgan fingerprint density at radius 1 is 1.42 bits per heavy atom. The molecule has 0 amide bonds. The first-order chi connectivity index (χ1) is 5.72. The molecule has 1 heterocycles. The van der Waals surface area contributed by atoms with E-state index in [9.17, 15) is 9.90 Å². The van der Waals surface area contributed by atoms with Crippen LogP contribution < -0.4 is 5.32 Å². The number of hydrogen-bond acceptors (Lipinski definition) is 3. The van der Waals surface area contributed by atoms with Crippen LogP contribution in [0.4, 0.5) is 0 Å². The molecule has 1 aliphatic heterocycles. The molecule has 1 saturated heterocycles.